The first-order valence-corrected chi connectivity index (χ1v) is 6.29. The van der Waals surface area contributed by atoms with E-state index < -0.39 is 5.54 Å². The number of hydrogen-bond donors (Lipinski definition) is 2. The van der Waals surface area contributed by atoms with E-state index in [4.69, 9.17) is 9.47 Å². The molecule has 0 aromatic heterocycles. The van der Waals surface area contributed by atoms with Crippen molar-refractivity contribution in [2.45, 2.75) is 19.4 Å². The molecule has 2 rings (SSSR count). The molecule has 1 atom stereocenters. The van der Waals surface area contributed by atoms with E-state index in [0.29, 0.717) is 23.8 Å². The third-order valence-corrected chi connectivity index (χ3v) is 3.22. The Morgan fingerprint density at radius 2 is 2.32 bits per heavy atom. The van der Waals surface area contributed by atoms with Crippen LogP contribution in [0.15, 0.2) is 18.2 Å². The lowest BCUT2D eigenvalue weighted by Crippen LogP contribution is -2.52. The van der Waals surface area contributed by atoms with Gasteiger partial charge in [-0.1, -0.05) is 13.8 Å². The van der Waals surface area contributed by atoms with Gasteiger partial charge >= 0.3 is 5.97 Å². The smallest absolute Gasteiger partial charge is 0.334 e. The third-order valence-electron chi connectivity index (χ3n) is 3.22. The second-order valence-corrected chi connectivity index (χ2v) is 5.14. The van der Waals surface area contributed by atoms with E-state index in [2.05, 4.69) is 19.2 Å². The van der Waals surface area contributed by atoms with Crippen LogP contribution >= 0.6 is 0 Å². The first-order chi connectivity index (χ1) is 8.99. The molecule has 0 saturated carbocycles. The highest BCUT2D eigenvalue weighted by molar-refractivity contribution is 5.85. The summed E-state index contributed by atoms with van der Waals surface area (Å²) in [5.41, 5.74) is -0.278. The minimum atomic E-state index is -0.984. The van der Waals surface area contributed by atoms with Crippen molar-refractivity contribution in [2.75, 3.05) is 20.3 Å². The van der Waals surface area contributed by atoms with Crippen molar-refractivity contribution in [1.29, 1.82) is 0 Å². The number of rotatable bonds is 4. The molecule has 0 amide bonds. The molecule has 1 aliphatic heterocycles. The van der Waals surface area contributed by atoms with Crippen LogP contribution in [0.5, 0.6) is 11.5 Å². The number of aromatic hydroxyl groups is 1. The second-order valence-electron chi connectivity index (χ2n) is 5.14. The van der Waals surface area contributed by atoms with Gasteiger partial charge in [0.25, 0.3) is 0 Å². The van der Waals surface area contributed by atoms with Crippen molar-refractivity contribution in [3.8, 4) is 11.5 Å². The van der Waals surface area contributed by atoms with E-state index in [1.54, 1.807) is 12.1 Å². The quantitative estimate of drug-likeness (QED) is 0.805. The number of nitrogens with one attached hydrogen (secondary N) is 1. The number of phenolic OH excluding ortho intramolecular Hbond substituents is 1. The Morgan fingerprint density at radius 1 is 1.58 bits per heavy atom. The van der Waals surface area contributed by atoms with Gasteiger partial charge in [0.1, 0.15) is 18.1 Å². The molecular formula is C14H19NO4. The lowest BCUT2D eigenvalue weighted by Gasteiger charge is -2.27. The van der Waals surface area contributed by atoms with E-state index in [1.807, 2.05) is 0 Å². The van der Waals surface area contributed by atoms with Crippen molar-refractivity contribution in [3.05, 3.63) is 23.8 Å². The molecular weight excluding hydrogens is 246 g/mol. The topological polar surface area (TPSA) is 67.8 Å². The predicted octanol–water partition coefficient (Wildman–Crippen LogP) is 1.40. The number of methoxy groups -OCH3 is 1. The number of benzene rings is 1. The van der Waals surface area contributed by atoms with Gasteiger partial charge in [0.05, 0.1) is 7.11 Å². The molecule has 19 heavy (non-hydrogen) atoms. The summed E-state index contributed by atoms with van der Waals surface area (Å²) < 4.78 is 10.4. The summed E-state index contributed by atoms with van der Waals surface area (Å²) >= 11 is 0. The fourth-order valence-electron chi connectivity index (χ4n) is 2.19. The standard InChI is InChI=1S/C14H19NO4/c1-9(2)7-15-14(13(17)18-3)8-19-12-6-10(16)4-5-11(12)14/h4-6,9,15-16H,7-8H2,1-3H3. The molecule has 0 radical (unpaired) electrons. The van der Waals surface area contributed by atoms with Crippen molar-refractivity contribution >= 4 is 5.97 Å². The summed E-state index contributed by atoms with van der Waals surface area (Å²) in [6, 6.07) is 4.75. The fourth-order valence-corrected chi connectivity index (χ4v) is 2.19. The van der Waals surface area contributed by atoms with Gasteiger partial charge in [-0.2, -0.15) is 0 Å². The molecule has 0 spiro atoms. The van der Waals surface area contributed by atoms with Crippen LogP contribution in [0.3, 0.4) is 0 Å². The SMILES string of the molecule is COC(=O)C1(NCC(C)C)COc2cc(O)ccc21. The molecule has 1 aliphatic rings. The van der Waals surface area contributed by atoms with Crippen LogP contribution in [0.25, 0.3) is 0 Å². The van der Waals surface area contributed by atoms with Crippen molar-refractivity contribution in [2.24, 2.45) is 5.92 Å². The van der Waals surface area contributed by atoms with Gasteiger partial charge in [0, 0.05) is 11.6 Å². The van der Waals surface area contributed by atoms with Gasteiger partial charge in [-0.3, -0.25) is 5.32 Å². The van der Waals surface area contributed by atoms with Gasteiger partial charge in [0.15, 0.2) is 5.54 Å². The summed E-state index contributed by atoms with van der Waals surface area (Å²) in [5.74, 6) is 0.644. The zero-order valence-electron chi connectivity index (χ0n) is 11.4. The number of fused-ring (bicyclic) bond motifs is 1. The Hall–Kier alpha value is -1.75. The molecule has 5 heteroatoms. The fraction of sp³-hybridized carbons (Fsp3) is 0.500. The molecule has 0 fully saturated rings. The minimum absolute atomic E-state index is 0.114. The average Bonchev–Trinajstić information content (AvgIpc) is 2.74. The number of ether oxygens (including phenoxy) is 2. The normalized spacial score (nSPS) is 21.1. The van der Waals surface area contributed by atoms with E-state index >= 15 is 0 Å². The summed E-state index contributed by atoms with van der Waals surface area (Å²) in [6.45, 7) is 4.96. The van der Waals surface area contributed by atoms with Crippen LogP contribution < -0.4 is 10.1 Å². The summed E-state index contributed by atoms with van der Waals surface area (Å²) in [6.07, 6.45) is 0. The number of carbonyl (C=O) groups excluding carboxylic acids is 1. The number of carbonyl (C=O) groups is 1. The minimum Gasteiger partial charge on any atom is -0.508 e. The zero-order chi connectivity index (χ0) is 14.0. The van der Waals surface area contributed by atoms with E-state index in [0.717, 1.165) is 0 Å². The molecule has 0 saturated heterocycles. The van der Waals surface area contributed by atoms with Crippen molar-refractivity contribution in [3.63, 3.8) is 0 Å². The Balaban J connectivity index is 2.39. The Labute approximate surface area is 112 Å². The monoisotopic (exact) mass is 265 g/mol. The van der Waals surface area contributed by atoms with E-state index in [9.17, 15) is 9.90 Å². The highest BCUT2D eigenvalue weighted by Crippen LogP contribution is 2.39. The highest BCUT2D eigenvalue weighted by Gasteiger charge is 2.48. The van der Waals surface area contributed by atoms with Crippen LogP contribution in [0.1, 0.15) is 19.4 Å². The maximum atomic E-state index is 12.2. The Bertz CT molecular complexity index is 486. The van der Waals surface area contributed by atoms with Gasteiger partial charge in [-0.25, -0.2) is 4.79 Å². The zero-order valence-corrected chi connectivity index (χ0v) is 11.4. The van der Waals surface area contributed by atoms with E-state index in [-0.39, 0.29) is 18.3 Å². The molecule has 5 nitrogen and oxygen atoms in total. The summed E-state index contributed by atoms with van der Waals surface area (Å²) in [5, 5.41) is 12.7. The first kappa shape index (κ1) is 13.7. The molecule has 1 aromatic rings. The largest absolute Gasteiger partial charge is 0.508 e. The van der Waals surface area contributed by atoms with Gasteiger partial charge < -0.3 is 14.6 Å². The van der Waals surface area contributed by atoms with Crippen LogP contribution in [0.4, 0.5) is 0 Å². The van der Waals surface area contributed by atoms with Crippen LogP contribution in [0, 0.1) is 5.92 Å². The Kier molecular flexibility index (Phi) is 3.66. The molecule has 0 bridgehead atoms. The Morgan fingerprint density at radius 3 is 2.95 bits per heavy atom. The summed E-state index contributed by atoms with van der Waals surface area (Å²) in [7, 11) is 1.36. The maximum absolute atomic E-state index is 12.2. The second kappa shape index (κ2) is 5.09. The average molecular weight is 265 g/mol. The van der Waals surface area contributed by atoms with Crippen LogP contribution in [-0.4, -0.2) is 31.3 Å². The molecule has 2 N–H and O–H groups in total. The molecule has 1 heterocycles. The van der Waals surface area contributed by atoms with Gasteiger partial charge in [-0.15, -0.1) is 0 Å². The molecule has 0 aliphatic carbocycles. The molecule has 1 aromatic carbocycles. The van der Waals surface area contributed by atoms with Crippen molar-refractivity contribution in [1.82, 2.24) is 5.32 Å². The van der Waals surface area contributed by atoms with Gasteiger partial charge in [0.2, 0.25) is 0 Å². The van der Waals surface area contributed by atoms with E-state index in [1.165, 1.54) is 13.2 Å². The van der Waals surface area contributed by atoms with Crippen LogP contribution in [0.2, 0.25) is 0 Å². The highest BCUT2D eigenvalue weighted by atomic mass is 16.5. The maximum Gasteiger partial charge on any atom is 0.334 e. The van der Waals surface area contributed by atoms with Gasteiger partial charge in [-0.05, 0) is 24.6 Å². The number of phenols is 1. The lowest BCUT2D eigenvalue weighted by molar-refractivity contribution is -0.149. The lowest BCUT2D eigenvalue weighted by atomic mass is 9.91. The molecule has 104 valence electrons. The number of esters is 1. The number of hydrogen-bond acceptors (Lipinski definition) is 5. The third kappa shape index (κ3) is 2.38. The summed E-state index contributed by atoms with van der Waals surface area (Å²) in [4.78, 5) is 12.2. The predicted molar refractivity (Wildman–Crippen MR) is 70.1 cm³/mol. The van der Waals surface area contributed by atoms with Crippen molar-refractivity contribution < 1.29 is 19.4 Å². The molecule has 1 unspecified atom stereocenters. The first-order valence-electron chi connectivity index (χ1n) is 6.29. The van der Waals surface area contributed by atoms with Crippen LogP contribution in [-0.2, 0) is 15.1 Å².